The number of nitriles is 1. The van der Waals surface area contributed by atoms with Crippen molar-refractivity contribution in [1.29, 1.82) is 5.26 Å². The van der Waals surface area contributed by atoms with E-state index in [4.69, 9.17) is 16.3 Å². The smallest absolute Gasteiger partial charge is 0.246 e. The molecular weight excluding hydrogens is 450 g/mol. The Kier molecular flexibility index (Phi) is 6.75. The molecule has 2 saturated heterocycles. The van der Waals surface area contributed by atoms with Gasteiger partial charge in [0.05, 0.1) is 17.7 Å². The van der Waals surface area contributed by atoms with E-state index in [2.05, 4.69) is 4.90 Å². The molecule has 4 rings (SSSR count). The fourth-order valence-corrected chi connectivity index (χ4v) is 6.33. The van der Waals surface area contributed by atoms with E-state index in [0.717, 1.165) is 18.5 Å². The van der Waals surface area contributed by atoms with Crippen LogP contribution in [0.1, 0.15) is 30.4 Å². The van der Waals surface area contributed by atoms with Crippen LogP contribution in [0.15, 0.2) is 41.3 Å². The van der Waals surface area contributed by atoms with Crippen LogP contribution in [0.5, 0.6) is 11.5 Å². The van der Waals surface area contributed by atoms with Gasteiger partial charge in [0.2, 0.25) is 10.0 Å². The van der Waals surface area contributed by atoms with Gasteiger partial charge in [0.25, 0.3) is 0 Å². The number of sulfonamides is 1. The molecule has 9 heteroatoms. The largest absolute Gasteiger partial charge is 0.456 e. The van der Waals surface area contributed by atoms with Crippen molar-refractivity contribution in [2.45, 2.75) is 43.2 Å². The number of benzene rings is 2. The summed E-state index contributed by atoms with van der Waals surface area (Å²) in [6.45, 7) is 4.13. The number of ether oxygens (including phenoxy) is 1. The van der Waals surface area contributed by atoms with E-state index in [1.165, 1.54) is 22.5 Å². The normalized spacial score (nSPS) is 20.9. The summed E-state index contributed by atoms with van der Waals surface area (Å²) < 4.78 is 34.5. The number of β-amino-alcohol motifs (C(OH)–C–C–N with tert-alkyl or cyclic N) is 1. The summed E-state index contributed by atoms with van der Waals surface area (Å²) in [5.41, 5.74) is 1.14. The number of likely N-dealkylation sites (tertiary alicyclic amines) is 1. The zero-order chi connectivity index (χ0) is 22.9. The molecule has 1 N–H and O–H groups in total. The molecular formula is C23H26ClN3O4S. The Balaban J connectivity index is 1.58. The molecule has 0 amide bonds. The molecule has 0 saturated carbocycles. The number of hydrogen-bond donors (Lipinski definition) is 1. The molecule has 1 unspecified atom stereocenters. The molecule has 2 aliphatic rings. The molecule has 32 heavy (non-hydrogen) atoms. The number of aryl methyl sites for hydroxylation is 1. The summed E-state index contributed by atoms with van der Waals surface area (Å²) in [6.07, 6.45) is 1.88. The van der Waals surface area contributed by atoms with Crippen molar-refractivity contribution in [3.63, 3.8) is 0 Å². The van der Waals surface area contributed by atoms with Gasteiger partial charge in [-0.2, -0.15) is 9.57 Å². The van der Waals surface area contributed by atoms with Crippen molar-refractivity contribution in [2.24, 2.45) is 0 Å². The number of nitrogens with zero attached hydrogens (tertiary/aromatic N) is 3. The highest BCUT2D eigenvalue weighted by molar-refractivity contribution is 7.89. The Morgan fingerprint density at radius 2 is 1.88 bits per heavy atom. The Labute approximate surface area is 193 Å². The van der Waals surface area contributed by atoms with Crippen LogP contribution in [0.4, 0.5) is 0 Å². The van der Waals surface area contributed by atoms with Crippen molar-refractivity contribution < 1.29 is 18.3 Å². The highest BCUT2D eigenvalue weighted by Gasteiger charge is 2.35. The van der Waals surface area contributed by atoms with Crippen LogP contribution < -0.4 is 4.74 Å². The maximum Gasteiger partial charge on any atom is 0.246 e. The summed E-state index contributed by atoms with van der Waals surface area (Å²) in [4.78, 5) is 2.23. The maximum absolute atomic E-state index is 13.5. The lowest BCUT2D eigenvalue weighted by Crippen LogP contribution is -2.46. The number of halogens is 1. The molecule has 0 spiro atoms. The first-order chi connectivity index (χ1) is 15.3. The zero-order valence-corrected chi connectivity index (χ0v) is 19.4. The van der Waals surface area contributed by atoms with Gasteiger partial charge in [0, 0.05) is 37.2 Å². The average Bonchev–Trinajstić information content (AvgIpc) is 3.19. The third-order valence-corrected chi connectivity index (χ3v) is 8.21. The molecule has 2 aromatic carbocycles. The fourth-order valence-electron chi connectivity index (χ4n) is 4.44. The minimum atomic E-state index is -3.87. The quantitative estimate of drug-likeness (QED) is 0.711. The molecule has 170 valence electrons. The Hall–Kier alpha value is -2.15. The lowest BCUT2D eigenvalue weighted by Gasteiger charge is -2.36. The highest BCUT2D eigenvalue weighted by atomic mass is 35.5. The molecule has 0 aromatic heterocycles. The second-order valence-electron chi connectivity index (χ2n) is 8.41. The van der Waals surface area contributed by atoms with Gasteiger partial charge >= 0.3 is 0 Å². The predicted octanol–water partition coefficient (Wildman–Crippen LogP) is 3.53. The van der Waals surface area contributed by atoms with Crippen molar-refractivity contribution in [3.05, 3.63) is 52.5 Å². The second kappa shape index (κ2) is 9.38. The first-order valence-corrected chi connectivity index (χ1v) is 12.5. The zero-order valence-electron chi connectivity index (χ0n) is 17.9. The maximum atomic E-state index is 13.5. The third-order valence-electron chi connectivity index (χ3n) is 6.07. The topological polar surface area (TPSA) is 93.9 Å². The van der Waals surface area contributed by atoms with E-state index in [0.29, 0.717) is 43.2 Å². The third kappa shape index (κ3) is 4.92. The molecule has 7 nitrogen and oxygen atoms in total. The molecule has 2 aromatic rings. The van der Waals surface area contributed by atoms with Crippen LogP contribution in [-0.4, -0.2) is 61.1 Å². The molecule has 0 aliphatic carbocycles. The van der Waals surface area contributed by atoms with Crippen LogP contribution in [0, 0.1) is 18.3 Å². The van der Waals surface area contributed by atoms with E-state index in [-0.39, 0.29) is 28.4 Å². The van der Waals surface area contributed by atoms with Crippen LogP contribution in [-0.2, 0) is 10.0 Å². The molecule has 0 bridgehead atoms. The fraction of sp³-hybridized carbons (Fsp3) is 0.435. The number of aliphatic hydroxyl groups is 1. The number of rotatable bonds is 5. The van der Waals surface area contributed by atoms with Crippen LogP contribution in [0.3, 0.4) is 0 Å². The minimum Gasteiger partial charge on any atom is -0.456 e. The van der Waals surface area contributed by atoms with E-state index < -0.39 is 10.0 Å². The predicted molar refractivity (Wildman–Crippen MR) is 121 cm³/mol. The summed E-state index contributed by atoms with van der Waals surface area (Å²) >= 11 is 6.12. The van der Waals surface area contributed by atoms with Crippen LogP contribution >= 0.6 is 11.6 Å². The van der Waals surface area contributed by atoms with E-state index >= 15 is 0 Å². The first kappa shape index (κ1) is 23.0. The van der Waals surface area contributed by atoms with E-state index in [9.17, 15) is 18.8 Å². The summed E-state index contributed by atoms with van der Waals surface area (Å²) in [5, 5.41) is 19.6. The highest BCUT2D eigenvalue weighted by Crippen LogP contribution is 2.34. The summed E-state index contributed by atoms with van der Waals surface area (Å²) in [6, 6.07) is 11.9. The Morgan fingerprint density at radius 1 is 1.12 bits per heavy atom. The molecule has 2 aliphatic heterocycles. The van der Waals surface area contributed by atoms with Gasteiger partial charge in [-0.1, -0.05) is 11.6 Å². The van der Waals surface area contributed by atoms with Crippen molar-refractivity contribution >= 4 is 21.6 Å². The minimum absolute atomic E-state index is 0.0239. The van der Waals surface area contributed by atoms with Gasteiger partial charge in [-0.05, 0) is 68.1 Å². The average molecular weight is 476 g/mol. The SMILES string of the molecule is Cc1cc(Cl)cc(Oc2ccc(C#N)cc2S(=O)(=O)N2CCC(N3CCC(O)C3)CC2)c1. The van der Waals surface area contributed by atoms with Gasteiger partial charge in [-0.3, -0.25) is 4.90 Å². The lowest BCUT2D eigenvalue weighted by molar-refractivity contribution is 0.132. The van der Waals surface area contributed by atoms with Gasteiger partial charge < -0.3 is 9.84 Å². The van der Waals surface area contributed by atoms with Crippen LogP contribution in [0.25, 0.3) is 0 Å². The Bertz CT molecular complexity index is 1120. The molecule has 0 radical (unpaired) electrons. The summed E-state index contributed by atoms with van der Waals surface area (Å²) in [7, 11) is -3.87. The number of piperidine rings is 1. The molecule has 2 fully saturated rings. The Morgan fingerprint density at radius 3 is 2.50 bits per heavy atom. The monoisotopic (exact) mass is 475 g/mol. The van der Waals surface area contributed by atoms with Crippen molar-refractivity contribution in [3.8, 4) is 17.6 Å². The molecule has 1 atom stereocenters. The van der Waals surface area contributed by atoms with Gasteiger partial charge in [0.15, 0.2) is 0 Å². The van der Waals surface area contributed by atoms with Crippen LogP contribution in [0.2, 0.25) is 5.02 Å². The first-order valence-electron chi connectivity index (χ1n) is 10.7. The lowest BCUT2D eigenvalue weighted by atomic mass is 10.1. The van der Waals surface area contributed by atoms with Gasteiger partial charge in [-0.15, -0.1) is 0 Å². The van der Waals surface area contributed by atoms with Gasteiger partial charge in [-0.25, -0.2) is 8.42 Å². The summed E-state index contributed by atoms with van der Waals surface area (Å²) in [5.74, 6) is 0.595. The van der Waals surface area contributed by atoms with Gasteiger partial charge in [0.1, 0.15) is 16.4 Å². The van der Waals surface area contributed by atoms with E-state index in [1.807, 2.05) is 13.0 Å². The van der Waals surface area contributed by atoms with Crippen molar-refractivity contribution in [1.82, 2.24) is 9.21 Å². The van der Waals surface area contributed by atoms with E-state index in [1.54, 1.807) is 18.2 Å². The standard InChI is InChI=1S/C23H26ClN3O4S/c1-16-10-18(24)13-21(11-16)31-22-3-2-17(14-25)12-23(22)32(29,30)27-8-4-19(5-9-27)26-7-6-20(28)15-26/h2-3,10-13,19-20,28H,4-9,15H2,1H3. The number of hydrogen-bond acceptors (Lipinski definition) is 6. The molecule has 2 heterocycles. The van der Waals surface area contributed by atoms with Crippen molar-refractivity contribution in [2.75, 3.05) is 26.2 Å². The number of aliphatic hydroxyl groups excluding tert-OH is 1. The second-order valence-corrected chi connectivity index (χ2v) is 10.8.